The SMILES string of the molecule is CCc1ccccc1N=C1NC(=O)C(=Cc2ccc(OCc3ccc(Cl)cc3)c(OC)c2)S1. The Morgan fingerprint density at radius 3 is 2.61 bits per heavy atom. The first-order valence-corrected chi connectivity index (χ1v) is 11.7. The Bertz CT molecular complexity index is 1220. The van der Waals surface area contributed by atoms with Gasteiger partial charge < -0.3 is 14.8 Å². The second kappa shape index (κ2) is 10.6. The minimum absolute atomic E-state index is 0.172. The molecule has 0 aromatic heterocycles. The number of nitrogens with zero attached hydrogens (tertiary/aromatic N) is 1. The summed E-state index contributed by atoms with van der Waals surface area (Å²) in [6, 6.07) is 21.0. The number of hydrogen-bond donors (Lipinski definition) is 1. The van der Waals surface area contributed by atoms with Crippen LogP contribution in [0.1, 0.15) is 23.6 Å². The van der Waals surface area contributed by atoms with Gasteiger partial charge in [-0.05, 0) is 71.3 Å². The van der Waals surface area contributed by atoms with Crippen molar-refractivity contribution in [3.05, 3.63) is 93.3 Å². The van der Waals surface area contributed by atoms with E-state index in [0.29, 0.717) is 33.2 Å². The Kier molecular flexibility index (Phi) is 7.37. The van der Waals surface area contributed by atoms with Crippen molar-refractivity contribution in [1.29, 1.82) is 0 Å². The quantitative estimate of drug-likeness (QED) is 0.400. The minimum Gasteiger partial charge on any atom is -0.493 e. The van der Waals surface area contributed by atoms with Crippen molar-refractivity contribution in [2.45, 2.75) is 20.0 Å². The minimum atomic E-state index is -0.172. The number of hydrogen-bond acceptors (Lipinski definition) is 5. The molecule has 1 amide bonds. The zero-order valence-electron chi connectivity index (χ0n) is 18.3. The predicted octanol–water partition coefficient (Wildman–Crippen LogP) is 6.38. The molecule has 1 aliphatic rings. The maximum absolute atomic E-state index is 12.5. The number of para-hydroxylation sites is 1. The van der Waals surface area contributed by atoms with E-state index in [2.05, 4.69) is 17.2 Å². The molecule has 5 nitrogen and oxygen atoms in total. The Morgan fingerprint density at radius 1 is 1.06 bits per heavy atom. The second-order valence-electron chi connectivity index (χ2n) is 7.29. The largest absolute Gasteiger partial charge is 0.493 e. The van der Waals surface area contributed by atoms with Gasteiger partial charge in [0.15, 0.2) is 16.7 Å². The number of ether oxygens (including phenoxy) is 2. The number of nitrogens with one attached hydrogen (secondary N) is 1. The summed E-state index contributed by atoms with van der Waals surface area (Å²) in [5.74, 6) is 1.04. The van der Waals surface area contributed by atoms with Gasteiger partial charge in [0.05, 0.1) is 17.7 Å². The lowest BCUT2D eigenvalue weighted by molar-refractivity contribution is -0.115. The number of carbonyl (C=O) groups excluding carboxylic acids is 1. The fourth-order valence-electron chi connectivity index (χ4n) is 3.30. The van der Waals surface area contributed by atoms with Gasteiger partial charge in [-0.3, -0.25) is 4.79 Å². The van der Waals surface area contributed by atoms with Crippen LogP contribution in [0.15, 0.2) is 76.6 Å². The third-order valence-electron chi connectivity index (χ3n) is 5.04. The van der Waals surface area contributed by atoms with Crippen LogP contribution in [-0.4, -0.2) is 18.2 Å². The highest BCUT2D eigenvalue weighted by Gasteiger charge is 2.24. The number of halogens is 1. The lowest BCUT2D eigenvalue weighted by atomic mass is 10.1. The van der Waals surface area contributed by atoms with E-state index in [4.69, 9.17) is 21.1 Å². The summed E-state index contributed by atoms with van der Waals surface area (Å²) < 4.78 is 11.4. The molecule has 7 heteroatoms. The van der Waals surface area contributed by atoms with Gasteiger partial charge in [-0.25, -0.2) is 4.99 Å². The Hall–Kier alpha value is -3.22. The molecular weight excluding hydrogens is 456 g/mol. The van der Waals surface area contributed by atoms with Crippen LogP contribution in [0.2, 0.25) is 5.02 Å². The number of amides is 1. The number of amidine groups is 1. The van der Waals surface area contributed by atoms with E-state index in [-0.39, 0.29) is 5.91 Å². The fraction of sp³-hybridized carbons (Fsp3) is 0.154. The fourth-order valence-corrected chi connectivity index (χ4v) is 4.26. The smallest absolute Gasteiger partial charge is 0.264 e. The maximum atomic E-state index is 12.5. The molecule has 3 aromatic carbocycles. The molecule has 0 spiro atoms. The molecule has 0 aliphatic carbocycles. The van der Waals surface area contributed by atoms with Crippen LogP contribution < -0.4 is 14.8 Å². The van der Waals surface area contributed by atoms with Crippen molar-refractivity contribution in [2.24, 2.45) is 4.99 Å². The average molecular weight is 479 g/mol. The van der Waals surface area contributed by atoms with E-state index >= 15 is 0 Å². The van der Waals surface area contributed by atoms with Gasteiger partial charge in [0.2, 0.25) is 0 Å². The van der Waals surface area contributed by atoms with Crippen molar-refractivity contribution in [1.82, 2.24) is 5.32 Å². The Morgan fingerprint density at radius 2 is 1.85 bits per heavy atom. The monoisotopic (exact) mass is 478 g/mol. The van der Waals surface area contributed by atoms with Crippen molar-refractivity contribution >= 4 is 46.2 Å². The highest BCUT2D eigenvalue weighted by molar-refractivity contribution is 8.18. The molecular formula is C26H23ClN2O3S. The van der Waals surface area contributed by atoms with Crippen molar-refractivity contribution < 1.29 is 14.3 Å². The standard InChI is InChI=1S/C26H23ClN2O3S/c1-3-19-6-4-5-7-21(19)28-26-29-25(30)24(33-26)15-18-10-13-22(23(14-18)31-2)32-16-17-8-11-20(27)12-9-17/h4-15H,3,16H2,1-2H3,(H,28,29,30). The molecule has 168 valence electrons. The average Bonchev–Trinajstić information content (AvgIpc) is 3.17. The van der Waals surface area contributed by atoms with E-state index in [1.54, 1.807) is 7.11 Å². The molecule has 0 unspecified atom stereocenters. The number of methoxy groups -OCH3 is 1. The topological polar surface area (TPSA) is 59.9 Å². The summed E-state index contributed by atoms with van der Waals surface area (Å²) in [6.07, 6.45) is 2.69. The van der Waals surface area contributed by atoms with Crippen LogP contribution in [0.3, 0.4) is 0 Å². The van der Waals surface area contributed by atoms with E-state index in [9.17, 15) is 4.79 Å². The highest BCUT2D eigenvalue weighted by atomic mass is 35.5. The summed E-state index contributed by atoms with van der Waals surface area (Å²) in [7, 11) is 1.59. The molecule has 1 fully saturated rings. The van der Waals surface area contributed by atoms with E-state index in [0.717, 1.165) is 28.8 Å². The number of rotatable bonds is 7. The number of carbonyl (C=O) groups is 1. The summed E-state index contributed by atoms with van der Waals surface area (Å²) in [4.78, 5) is 17.7. The van der Waals surface area contributed by atoms with E-state index < -0.39 is 0 Å². The third kappa shape index (κ3) is 5.78. The molecule has 0 bridgehead atoms. The molecule has 33 heavy (non-hydrogen) atoms. The first-order chi connectivity index (χ1) is 16.1. The van der Waals surface area contributed by atoms with Crippen LogP contribution in [0, 0.1) is 0 Å². The van der Waals surface area contributed by atoms with Gasteiger partial charge in [-0.15, -0.1) is 0 Å². The predicted molar refractivity (Wildman–Crippen MR) is 135 cm³/mol. The van der Waals surface area contributed by atoms with Gasteiger partial charge >= 0.3 is 0 Å². The number of thioether (sulfide) groups is 1. The molecule has 3 aromatic rings. The summed E-state index contributed by atoms with van der Waals surface area (Å²) in [5.41, 5.74) is 3.84. The lowest BCUT2D eigenvalue weighted by Gasteiger charge is -2.11. The molecule has 0 atom stereocenters. The Labute approximate surface area is 202 Å². The molecule has 4 rings (SSSR count). The van der Waals surface area contributed by atoms with Crippen LogP contribution in [0.5, 0.6) is 11.5 Å². The molecule has 1 aliphatic heterocycles. The van der Waals surface area contributed by atoms with Crippen molar-refractivity contribution in [2.75, 3.05) is 7.11 Å². The normalized spacial score (nSPS) is 15.7. The maximum Gasteiger partial charge on any atom is 0.264 e. The van der Waals surface area contributed by atoms with Gasteiger partial charge in [0.1, 0.15) is 6.61 Å². The highest BCUT2D eigenvalue weighted by Crippen LogP contribution is 2.33. The van der Waals surface area contributed by atoms with Gasteiger partial charge in [0.25, 0.3) is 5.91 Å². The lowest BCUT2D eigenvalue weighted by Crippen LogP contribution is -2.19. The zero-order valence-corrected chi connectivity index (χ0v) is 19.9. The molecule has 0 radical (unpaired) electrons. The third-order valence-corrected chi connectivity index (χ3v) is 6.20. The van der Waals surface area contributed by atoms with Crippen LogP contribution in [-0.2, 0) is 17.8 Å². The Balaban J connectivity index is 1.49. The van der Waals surface area contributed by atoms with Gasteiger partial charge in [-0.1, -0.05) is 54.9 Å². The molecule has 1 N–H and O–H groups in total. The van der Waals surface area contributed by atoms with Crippen molar-refractivity contribution in [3.63, 3.8) is 0 Å². The van der Waals surface area contributed by atoms with E-state index in [1.165, 1.54) is 11.8 Å². The van der Waals surface area contributed by atoms with Gasteiger partial charge in [0, 0.05) is 5.02 Å². The summed E-state index contributed by atoms with van der Waals surface area (Å²) in [6.45, 7) is 2.48. The zero-order chi connectivity index (χ0) is 23.2. The number of aliphatic imine (C=N–C) groups is 1. The first kappa shape index (κ1) is 23.0. The number of aryl methyl sites for hydroxylation is 1. The van der Waals surface area contributed by atoms with Crippen molar-refractivity contribution in [3.8, 4) is 11.5 Å². The summed E-state index contributed by atoms with van der Waals surface area (Å²) in [5, 5.41) is 4.10. The first-order valence-electron chi connectivity index (χ1n) is 10.5. The van der Waals surface area contributed by atoms with Gasteiger partial charge in [-0.2, -0.15) is 0 Å². The molecule has 0 saturated carbocycles. The van der Waals surface area contributed by atoms with Crippen LogP contribution >= 0.6 is 23.4 Å². The second-order valence-corrected chi connectivity index (χ2v) is 8.76. The summed E-state index contributed by atoms with van der Waals surface area (Å²) >= 11 is 7.25. The number of benzene rings is 3. The van der Waals surface area contributed by atoms with Crippen LogP contribution in [0.25, 0.3) is 6.08 Å². The van der Waals surface area contributed by atoms with Crippen LogP contribution in [0.4, 0.5) is 5.69 Å². The molecule has 1 saturated heterocycles. The van der Waals surface area contributed by atoms with E-state index in [1.807, 2.05) is 72.8 Å². The molecule has 1 heterocycles.